The third-order valence-corrected chi connectivity index (χ3v) is 5.30. The van der Waals surface area contributed by atoms with Crippen LogP contribution in [0, 0.1) is 5.92 Å². The molecule has 5 heteroatoms. The van der Waals surface area contributed by atoms with E-state index >= 15 is 0 Å². The van der Waals surface area contributed by atoms with E-state index in [4.69, 9.17) is 0 Å². The zero-order chi connectivity index (χ0) is 14.2. The first-order chi connectivity index (χ1) is 10.3. The standard InChI is InChI=1S/C16H24N4O/c21-16(8-12-4-2-1-3-5-12)19-9-14(10-19)20-11-15(17-18-20)13-6-7-13/h11-14H,1-10H2. The number of hydrogen-bond acceptors (Lipinski definition) is 3. The Labute approximate surface area is 125 Å². The molecule has 0 N–H and O–H groups in total. The van der Waals surface area contributed by atoms with E-state index in [0.29, 0.717) is 23.8 Å². The topological polar surface area (TPSA) is 51.0 Å². The molecule has 114 valence electrons. The Balaban J connectivity index is 1.26. The van der Waals surface area contributed by atoms with Gasteiger partial charge in [0.05, 0.1) is 11.7 Å². The monoisotopic (exact) mass is 288 g/mol. The highest BCUT2D eigenvalue weighted by atomic mass is 16.2. The molecule has 2 saturated carbocycles. The van der Waals surface area contributed by atoms with E-state index in [1.54, 1.807) is 0 Å². The molecule has 2 heterocycles. The van der Waals surface area contributed by atoms with E-state index in [0.717, 1.165) is 25.2 Å². The van der Waals surface area contributed by atoms with Gasteiger partial charge in [-0.25, -0.2) is 4.68 Å². The predicted molar refractivity (Wildman–Crippen MR) is 78.8 cm³/mol. The van der Waals surface area contributed by atoms with Gasteiger partial charge < -0.3 is 4.90 Å². The second-order valence-corrected chi connectivity index (χ2v) is 7.06. The molecule has 1 aliphatic heterocycles. The molecule has 1 aromatic rings. The van der Waals surface area contributed by atoms with Gasteiger partial charge in [-0.3, -0.25) is 4.79 Å². The van der Waals surface area contributed by atoms with E-state index in [1.807, 2.05) is 9.58 Å². The lowest BCUT2D eigenvalue weighted by Gasteiger charge is -2.39. The van der Waals surface area contributed by atoms with Gasteiger partial charge in [-0.05, 0) is 31.6 Å². The molecule has 0 spiro atoms. The Morgan fingerprint density at radius 2 is 1.90 bits per heavy atom. The average molecular weight is 288 g/mol. The molecule has 0 bridgehead atoms. The molecule has 1 amide bonds. The summed E-state index contributed by atoms with van der Waals surface area (Å²) in [5.74, 6) is 1.64. The van der Waals surface area contributed by atoms with Gasteiger partial charge >= 0.3 is 0 Å². The summed E-state index contributed by atoms with van der Waals surface area (Å²) >= 11 is 0. The van der Waals surface area contributed by atoms with Crippen LogP contribution in [0.5, 0.6) is 0 Å². The SMILES string of the molecule is O=C(CC1CCCCC1)N1CC(n2cc(C3CC3)nn2)C1. The van der Waals surface area contributed by atoms with Crippen LogP contribution in [0.4, 0.5) is 0 Å². The molecule has 3 aliphatic rings. The van der Waals surface area contributed by atoms with Crippen LogP contribution in [-0.2, 0) is 4.79 Å². The van der Waals surface area contributed by atoms with Gasteiger partial charge in [0, 0.05) is 31.6 Å². The maximum absolute atomic E-state index is 12.3. The van der Waals surface area contributed by atoms with E-state index in [1.165, 1.54) is 44.9 Å². The lowest BCUT2D eigenvalue weighted by molar-refractivity contribution is -0.138. The van der Waals surface area contributed by atoms with Crippen LogP contribution in [-0.4, -0.2) is 38.9 Å². The maximum Gasteiger partial charge on any atom is 0.222 e. The van der Waals surface area contributed by atoms with E-state index < -0.39 is 0 Å². The molecule has 1 aromatic heterocycles. The number of nitrogens with zero attached hydrogens (tertiary/aromatic N) is 4. The molecule has 21 heavy (non-hydrogen) atoms. The van der Waals surface area contributed by atoms with Crippen molar-refractivity contribution in [2.75, 3.05) is 13.1 Å². The van der Waals surface area contributed by atoms with Gasteiger partial charge in [0.15, 0.2) is 0 Å². The molecule has 0 atom stereocenters. The first-order valence-electron chi connectivity index (χ1n) is 8.49. The average Bonchev–Trinajstić information content (AvgIpc) is 3.18. The number of hydrogen-bond donors (Lipinski definition) is 0. The zero-order valence-electron chi connectivity index (χ0n) is 12.6. The van der Waals surface area contributed by atoms with Gasteiger partial charge in [-0.1, -0.05) is 24.5 Å². The number of rotatable bonds is 4. The molecular weight excluding hydrogens is 264 g/mol. The quantitative estimate of drug-likeness (QED) is 0.855. The van der Waals surface area contributed by atoms with Gasteiger partial charge in [0.2, 0.25) is 5.91 Å². The molecule has 1 saturated heterocycles. The van der Waals surface area contributed by atoms with E-state index in [2.05, 4.69) is 16.5 Å². The summed E-state index contributed by atoms with van der Waals surface area (Å²) in [4.78, 5) is 14.3. The molecule has 0 radical (unpaired) electrons. The molecule has 0 aromatic carbocycles. The molecule has 2 aliphatic carbocycles. The van der Waals surface area contributed by atoms with Crippen molar-refractivity contribution >= 4 is 5.91 Å². The van der Waals surface area contributed by atoms with E-state index in [-0.39, 0.29) is 0 Å². The summed E-state index contributed by atoms with van der Waals surface area (Å²) in [6.07, 6.45) is 11.8. The van der Waals surface area contributed by atoms with Crippen molar-refractivity contribution in [3.05, 3.63) is 11.9 Å². The van der Waals surface area contributed by atoms with Crippen molar-refractivity contribution in [2.45, 2.75) is 63.3 Å². The largest absolute Gasteiger partial charge is 0.338 e. The Morgan fingerprint density at radius 1 is 1.14 bits per heavy atom. The normalized spacial score (nSPS) is 24.1. The fourth-order valence-electron chi connectivity index (χ4n) is 3.63. The summed E-state index contributed by atoms with van der Waals surface area (Å²) in [7, 11) is 0. The fraction of sp³-hybridized carbons (Fsp3) is 0.812. The van der Waals surface area contributed by atoms with Crippen molar-refractivity contribution in [1.29, 1.82) is 0 Å². The third kappa shape index (κ3) is 2.83. The van der Waals surface area contributed by atoms with Crippen LogP contribution in [0.1, 0.15) is 69.0 Å². The third-order valence-electron chi connectivity index (χ3n) is 5.30. The highest BCUT2D eigenvalue weighted by molar-refractivity contribution is 5.77. The Bertz CT molecular complexity index is 510. The minimum Gasteiger partial charge on any atom is -0.338 e. The van der Waals surface area contributed by atoms with Crippen LogP contribution in [0.2, 0.25) is 0 Å². The lowest BCUT2D eigenvalue weighted by Crippen LogP contribution is -2.51. The summed E-state index contributed by atoms with van der Waals surface area (Å²) in [5, 5.41) is 8.49. The zero-order valence-corrected chi connectivity index (χ0v) is 12.6. The summed E-state index contributed by atoms with van der Waals surface area (Å²) in [6.45, 7) is 1.64. The van der Waals surface area contributed by atoms with Crippen molar-refractivity contribution in [1.82, 2.24) is 19.9 Å². The Kier molecular flexibility index (Phi) is 3.43. The maximum atomic E-state index is 12.3. The van der Waals surface area contributed by atoms with Crippen LogP contribution >= 0.6 is 0 Å². The van der Waals surface area contributed by atoms with Gasteiger partial charge in [0.1, 0.15) is 0 Å². The van der Waals surface area contributed by atoms with Gasteiger partial charge in [-0.2, -0.15) is 0 Å². The van der Waals surface area contributed by atoms with Crippen LogP contribution in [0.15, 0.2) is 6.20 Å². The highest BCUT2D eigenvalue weighted by Gasteiger charge is 2.35. The van der Waals surface area contributed by atoms with Crippen molar-refractivity contribution in [2.24, 2.45) is 5.92 Å². The number of carbonyl (C=O) groups excluding carboxylic acids is 1. The predicted octanol–water partition coefficient (Wildman–Crippen LogP) is 2.51. The second-order valence-electron chi connectivity index (χ2n) is 7.06. The summed E-state index contributed by atoms with van der Waals surface area (Å²) < 4.78 is 1.97. The fourth-order valence-corrected chi connectivity index (χ4v) is 3.63. The minimum absolute atomic E-state index is 0.348. The second kappa shape index (κ2) is 5.43. The Hall–Kier alpha value is -1.39. The first-order valence-corrected chi connectivity index (χ1v) is 8.49. The minimum atomic E-state index is 0.348. The molecule has 0 unspecified atom stereocenters. The van der Waals surface area contributed by atoms with E-state index in [9.17, 15) is 4.79 Å². The Morgan fingerprint density at radius 3 is 2.62 bits per heavy atom. The lowest BCUT2D eigenvalue weighted by atomic mass is 9.86. The van der Waals surface area contributed by atoms with Crippen LogP contribution in [0.3, 0.4) is 0 Å². The van der Waals surface area contributed by atoms with Crippen molar-refractivity contribution in [3.63, 3.8) is 0 Å². The molecule has 3 fully saturated rings. The summed E-state index contributed by atoms with van der Waals surface area (Å²) in [5.41, 5.74) is 1.14. The van der Waals surface area contributed by atoms with Crippen LogP contribution < -0.4 is 0 Å². The van der Waals surface area contributed by atoms with Gasteiger partial charge in [-0.15, -0.1) is 5.10 Å². The summed E-state index contributed by atoms with van der Waals surface area (Å²) in [6, 6.07) is 0.348. The molecular formula is C16H24N4O. The first kappa shape index (κ1) is 13.3. The van der Waals surface area contributed by atoms with Crippen molar-refractivity contribution in [3.8, 4) is 0 Å². The number of aromatic nitrogens is 3. The number of likely N-dealkylation sites (tertiary alicyclic amines) is 1. The van der Waals surface area contributed by atoms with Crippen molar-refractivity contribution < 1.29 is 4.79 Å². The molecule has 4 rings (SSSR count). The number of amides is 1. The number of carbonyl (C=O) groups is 1. The van der Waals surface area contributed by atoms with Crippen LogP contribution in [0.25, 0.3) is 0 Å². The van der Waals surface area contributed by atoms with Gasteiger partial charge in [0.25, 0.3) is 0 Å². The molecule has 5 nitrogen and oxygen atoms in total. The highest BCUT2D eigenvalue weighted by Crippen LogP contribution is 2.39. The smallest absolute Gasteiger partial charge is 0.222 e.